The van der Waals surface area contributed by atoms with Gasteiger partial charge in [0.05, 0.1) is 5.69 Å². The average Bonchev–Trinajstić information content (AvgIpc) is 2.82. The summed E-state index contributed by atoms with van der Waals surface area (Å²) in [5.74, 6) is -0.218. The Morgan fingerprint density at radius 2 is 2.06 bits per heavy atom. The highest BCUT2D eigenvalue weighted by Gasteiger charge is 2.11. The SMILES string of the molecule is CCN(c1ccc(F)cc1)c1nc(CNC)cs1. The third-order valence-corrected chi connectivity index (χ3v) is 3.50. The molecule has 0 aliphatic heterocycles. The van der Waals surface area contributed by atoms with Crippen LogP contribution in [0.25, 0.3) is 0 Å². The largest absolute Gasteiger partial charge is 0.318 e. The van der Waals surface area contributed by atoms with Gasteiger partial charge in [-0.25, -0.2) is 9.37 Å². The van der Waals surface area contributed by atoms with E-state index >= 15 is 0 Å². The molecule has 1 N–H and O–H groups in total. The first-order valence-electron chi connectivity index (χ1n) is 5.86. The lowest BCUT2D eigenvalue weighted by Gasteiger charge is -2.19. The molecule has 0 atom stereocenters. The van der Waals surface area contributed by atoms with Gasteiger partial charge < -0.3 is 10.2 Å². The molecule has 0 aliphatic rings. The molecule has 0 aliphatic carbocycles. The smallest absolute Gasteiger partial charge is 0.190 e. The summed E-state index contributed by atoms with van der Waals surface area (Å²) in [7, 11) is 1.90. The Morgan fingerprint density at radius 3 is 2.67 bits per heavy atom. The van der Waals surface area contributed by atoms with Crippen molar-refractivity contribution in [3.05, 3.63) is 41.2 Å². The molecule has 2 rings (SSSR count). The molecular weight excluding hydrogens is 249 g/mol. The van der Waals surface area contributed by atoms with Crippen LogP contribution >= 0.6 is 11.3 Å². The van der Waals surface area contributed by atoms with E-state index in [1.807, 2.05) is 12.4 Å². The van der Waals surface area contributed by atoms with Crippen LogP contribution in [0.4, 0.5) is 15.2 Å². The number of hydrogen-bond donors (Lipinski definition) is 1. The van der Waals surface area contributed by atoms with Gasteiger partial charge in [0.1, 0.15) is 5.82 Å². The fourth-order valence-electron chi connectivity index (χ4n) is 1.73. The second kappa shape index (κ2) is 5.93. The molecule has 0 saturated carbocycles. The van der Waals surface area contributed by atoms with Crippen LogP contribution in [0.15, 0.2) is 29.6 Å². The summed E-state index contributed by atoms with van der Waals surface area (Å²) in [6.45, 7) is 3.62. The van der Waals surface area contributed by atoms with Crippen molar-refractivity contribution in [2.75, 3.05) is 18.5 Å². The maximum absolute atomic E-state index is 12.9. The first-order valence-corrected chi connectivity index (χ1v) is 6.74. The summed E-state index contributed by atoms with van der Waals surface area (Å²) in [4.78, 5) is 6.63. The second-order valence-corrected chi connectivity index (χ2v) is 4.71. The van der Waals surface area contributed by atoms with Crippen molar-refractivity contribution in [2.24, 2.45) is 0 Å². The fraction of sp³-hybridized carbons (Fsp3) is 0.308. The van der Waals surface area contributed by atoms with Gasteiger partial charge in [-0.15, -0.1) is 11.3 Å². The Morgan fingerprint density at radius 1 is 1.33 bits per heavy atom. The number of aromatic nitrogens is 1. The van der Waals surface area contributed by atoms with Gasteiger partial charge in [0.15, 0.2) is 5.13 Å². The lowest BCUT2D eigenvalue weighted by atomic mass is 10.3. The molecule has 0 saturated heterocycles. The van der Waals surface area contributed by atoms with Gasteiger partial charge >= 0.3 is 0 Å². The second-order valence-electron chi connectivity index (χ2n) is 3.87. The minimum absolute atomic E-state index is 0.218. The maximum Gasteiger partial charge on any atom is 0.190 e. The highest BCUT2D eigenvalue weighted by Crippen LogP contribution is 2.28. The third-order valence-electron chi connectivity index (χ3n) is 2.58. The molecule has 0 amide bonds. The van der Waals surface area contributed by atoms with Gasteiger partial charge in [-0.3, -0.25) is 0 Å². The number of hydrogen-bond acceptors (Lipinski definition) is 4. The van der Waals surface area contributed by atoms with Gasteiger partial charge in [0, 0.05) is 24.2 Å². The molecule has 0 spiro atoms. The van der Waals surface area contributed by atoms with Gasteiger partial charge in [0.2, 0.25) is 0 Å². The predicted molar refractivity (Wildman–Crippen MR) is 74.0 cm³/mol. The number of nitrogens with one attached hydrogen (secondary N) is 1. The highest BCUT2D eigenvalue weighted by atomic mass is 32.1. The fourth-order valence-corrected chi connectivity index (χ4v) is 2.64. The normalized spacial score (nSPS) is 10.6. The van der Waals surface area contributed by atoms with Crippen LogP contribution in [0, 0.1) is 5.82 Å². The van der Waals surface area contributed by atoms with Crippen molar-refractivity contribution in [1.82, 2.24) is 10.3 Å². The molecular formula is C13H16FN3S. The van der Waals surface area contributed by atoms with Crippen LogP contribution in [0.1, 0.15) is 12.6 Å². The molecule has 1 aromatic carbocycles. The first kappa shape index (κ1) is 13.0. The van der Waals surface area contributed by atoms with Gasteiger partial charge in [-0.2, -0.15) is 0 Å². The summed E-state index contributed by atoms with van der Waals surface area (Å²) in [5.41, 5.74) is 1.99. The zero-order valence-electron chi connectivity index (χ0n) is 10.5. The van der Waals surface area contributed by atoms with Crippen molar-refractivity contribution in [2.45, 2.75) is 13.5 Å². The lowest BCUT2D eigenvalue weighted by molar-refractivity contribution is 0.628. The predicted octanol–water partition coefficient (Wildman–Crippen LogP) is 3.16. The molecule has 96 valence electrons. The Bertz CT molecular complexity index is 495. The molecule has 1 aromatic heterocycles. The van der Waals surface area contributed by atoms with E-state index in [1.165, 1.54) is 12.1 Å². The van der Waals surface area contributed by atoms with E-state index in [4.69, 9.17) is 0 Å². The minimum Gasteiger partial charge on any atom is -0.318 e. The average molecular weight is 265 g/mol. The zero-order chi connectivity index (χ0) is 13.0. The van der Waals surface area contributed by atoms with Crippen LogP contribution in [-0.2, 0) is 6.54 Å². The lowest BCUT2D eigenvalue weighted by Crippen LogP contribution is -2.16. The summed E-state index contributed by atoms with van der Waals surface area (Å²) in [6, 6.07) is 6.50. The first-order chi connectivity index (χ1) is 8.74. The third kappa shape index (κ3) is 2.86. The van der Waals surface area contributed by atoms with Crippen molar-refractivity contribution in [3.8, 4) is 0 Å². The number of rotatable bonds is 5. The van der Waals surface area contributed by atoms with E-state index in [1.54, 1.807) is 23.5 Å². The van der Waals surface area contributed by atoms with Crippen LogP contribution < -0.4 is 10.2 Å². The van der Waals surface area contributed by atoms with E-state index < -0.39 is 0 Å². The Kier molecular flexibility index (Phi) is 4.28. The van der Waals surface area contributed by atoms with Crippen molar-refractivity contribution < 1.29 is 4.39 Å². The van der Waals surface area contributed by atoms with Crippen LogP contribution in [-0.4, -0.2) is 18.6 Å². The number of anilines is 2. The molecule has 3 nitrogen and oxygen atoms in total. The molecule has 5 heteroatoms. The van der Waals surface area contributed by atoms with E-state index in [0.29, 0.717) is 0 Å². The van der Waals surface area contributed by atoms with Crippen molar-refractivity contribution >= 4 is 22.2 Å². The number of nitrogens with zero attached hydrogens (tertiary/aromatic N) is 2. The molecule has 0 unspecified atom stereocenters. The van der Waals surface area contributed by atoms with E-state index in [0.717, 1.165) is 29.6 Å². The van der Waals surface area contributed by atoms with Crippen LogP contribution in [0.3, 0.4) is 0 Å². The number of thiazole rings is 1. The summed E-state index contributed by atoms with van der Waals surface area (Å²) < 4.78 is 12.9. The maximum atomic E-state index is 12.9. The number of halogens is 1. The van der Waals surface area contributed by atoms with Gasteiger partial charge in [-0.05, 0) is 38.2 Å². The summed E-state index contributed by atoms with van der Waals surface area (Å²) in [5, 5.41) is 6.06. The van der Waals surface area contributed by atoms with Crippen molar-refractivity contribution in [1.29, 1.82) is 0 Å². The monoisotopic (exact) mass is 265 g/mol. The molecule has 0 radical (unpaired) electrons. The summed E-state index contributed by atoms with van der Waals surface area (Å²) in [6.07, 6.45) is 0. The molecule has 0 bridgehead atoms. The molecule has 2 aromatic rings. The van der Waals surface area contributed by atoms with E-state index in [2.05, 4.69) is 22.1 Å². The van der Waals surface area contributed by atoms with Crippen molar-refractivity contribution in [3.63, 3.8) is 0 Å². The standard InChI is InChI=1S/C13H16FN3S/c1-3-17(12-6-4-10(14)5-7-12)13-16-11(8-15-2)9-18-13/h4-7,9,15H,3,8H2,1-2H3. The molecule has 18 heavy (non-hydrogen) atoms. The van der Waals surface area contributed by atoms with Crippen LogP contribution in [0.2, 0.25) is 0 Å². The zero-order valence-corrected chi connectivity index (χ0v) is 11.3. The minimum atomic E-state index is -0.218. The highest BCUT2D eigenvalue weighted by molar-refractivity contribution is 7.13. The van der Waals surface area contributed by atoms with Crippen LogP contribution in [0.5, 0.6) is 0 Å². The molecule has 1 heterocycles. The quantitative estimate of drug-likeness (QED) is 0.900. The molecule has 0 fully saturated rings. The van der Waals surface area contributed by atoms with E-state index in [-0.39, 0.29) is 5.82 Å². The Balaban J connectivity index is 2.24. The Hall–Kier alpha value is -1.46. The Labute approximate surface area is 110 Å². The number of benzene rings is 1. The topological polar surface area (TPSA) is 28.2 Å². The van der Waals surface area contributed by atoms with Gasteiger partial charge in [0.25, 0.3) is 0 Å². The van der Waals surface area contributed by atoms with Gasteiger partial charge in [-0.1, -0.05) is 0 Å². The summed E-state index contributed by atoms with van der Waals surface area (Å²) >= 11 is 1.60. The van der Waals surface area contributed by atoms with E-state index in [9.17, 15) is 4.39 Å².